The maximum Gasteiger partial charge on any atom is 0.256 e. The molecule has 1 aromatic heterocycles. The smallest absolute Gasteiger partial charge is 0.256 e. The van der Waals surface area contributed by atoms with E-state index in [1.54, 1.807) is 18.0 Å². The number of aromatic nitrogens is 1. The van der Waals surface area contributed by atoms with E-state index in [-0.39, 0.29) is 11.1 Å². The average Bonchev–Trinajstić information content (AvgIpc) is 2.21. The fourth-order valence-corrected chi connectivity index (χ4v) is 1.44. The lowest BCUT2D eigenvalue weighted by atomic mass is 10.2. The van der Waals surface area contributed by atoms with Crippen LogP contribution < -0.4 is 5.73 Å². The maximum absolute atomic E-state index is 11.9. The Hall–Kier alpha value is -1.29. The normalized spacial score (nSPS) is 10.1. The number of carbonyl (C=O) groups is 1. The number of carbonyl (C=O) groups excluding carboxylic acids is 1. The van der Waals surface area contributed by atoms with Gasteiger partial charge in [-0.2, -0.15) is 0 Å². The third-order valence-electron chi connectivity index (χ3n) is 2.00. The van der Waals surface area contributed by atoms with Crippen molar-refractivity contribution in [2.24, 2.45) is 0 Å². The molecule has 4 nitrogen and oxygen atoms in total. The Kier molecular flexibility index (Phi) is 3.91. The number of nitrogen functional groups attached to an aromatic ring is 1. The number of amides is 1. The first-order valence-electron chi connectivity index (χ1n) is 4.72. The molecule has 0 bridgehead atoms. The minimum Gasteiger partial charge on any atom is -0.397 e. The fraction of sp³-hybridized carbons (Fsp3) is 0.400. The van der Waals surface area contributed by atoms with Crippen LogP contribution in [-0.4, -0.2) is 29.4 Å². The van der Waals surface area contributed by atoms with E-state index in [0.717, 1.165) is 6.42 Å². The summed E-state index contributed by atoms with van der Waals surface area (Å²) in [5.74, 6) is -0.151. The summed E-state index contributed by atoms with van der Waals surface area (Å²) in [5.41, 5.74) is 6.34. The summed E-state index contributed by atoms with van der Waals surface area (Å²) in [6, 6.07) is 1.55. The third-order valence-corrected chi connectivity index (χ3v) is 2.30. The zero-order chi connectivity index (χ0) is 11.4. The van der Waals surface area contributed by atoms with E-state index in [9.17, 15) is 4.79 Å². The second-order valence-electron chi connectivity index (χ2n) is 3.33. The van der Waals surface area contributed by atoms with Gasteiger partial charge < -0.3 is 10.6 Å². The van der Waals surface area contributed by atoms with Crippen molar-refractivity contribution in [1.82, 2.24) is 9.88 Å². The summed E-state index contributed by atoms with van der Waals surface area (Å²) in [4.78, 5) is 17.3. The quantitative estimate of drug-likeness (QED) is 0.801. The van der Waals surface area contributed by atoms with E-state index >= 15 is 0 Å². The van der Waals surface area contributed by atoms with Crippen LogP contribution in [0.15, 0.2) is 12.3 Å². The lowest BCUT2D eigenvalue weighted by Crippen LogP contribution is -2.27. The van der Waals surface area contributed by atoms with Crippen molar-refractivity contribution in [3.63, 3.8) is 0 Å². The summed E-state index contributed by atoms with van der Waals surface area (Å²) in [5, 5.41) is 0.192. The Bertz CT molecular complexity index is 368. The molecule has 0 aromatic carbocycles. The van der Waals surface area contributed by atoms with Crippen molar-refractivity contribution in [3.05, 3.63) is 23.0 Å². The molecular formula is C10H14ClN3O. The highest BCUT2D eigenvalue weighted by molar-refractivity contribution is 6.32. The van der Waals surface area contributed by atoms with Gasteiger partial charge in [0.05, 0.1) is 17.4 Å². The number of anilines is 1. The van der Waals surface area contributed by atoms with Crippen LogP contribution in [0.5, 0.6) is 0 Å². The van der Waals surface area contributed by atoms with Crippen molar-refractivity contribution < 1.29 is 4.79 Å². The molecule has 5 heteroatoms. The van der Waals surface area contributed by atoms with Gasteiger partial charge in [-0.05, 0) is 12.5 Å². The van der Waals surface area contributed by atoms with Crippen LogP contribution in [-0.2, 0) is 0 Å². The molecule has 2 N–H and O–H groups in total. The Morgan fingerprint density at radius 2 is 2.33 bits per heavy atom. The lowest BCUT2D eigenvalue weighted by Gasteiger charge is -2.16. The molecule has 0 fully saturated rings. The molecular weight excluding hydrogens is 214 g/mol. The molecule has 0 aliphatic rings. The van der Waals surface area contributed by atoms with E-state index in [1.807, 2.05) is 6.92 Å². The molecule has 0 atom stereocenters. The molecule has 1 rings (SSSR count). The van der Waals surface area contributed by atoms with Gasteiger partial charge in [0.25, 0.3) is 5.91 Å². The van der Waals surface area contributed by atoms with E-state index in [2.05, 4.69) is 4.98 Å². The van der Waals surface area contributed by atoms with Crippen LogP contribution in [0.1, 0.15) is 23.7 Å². The summed E-state index contributed by atoms with van der Waals surface area (Å²) >= 11 is 5.82. The first kappa shape index (κ1) is 11.8. The number of hydrogen-bond donors (Lipinski definition) is 1. The van der Waals surface area contributed by atoms with E-state index in [0.29, 0.717) is 17.8 Å². The van der Waals surface area contributed by atoms with Gasteiger partial charge in [0.1, 0.15) is 5.15 Å². The van der Waals surface area contributed by atoms with Crippen molar-refractivity contribution in [2.45, 2.75) is 13.3 Å². The van der Waals surface area contributed by atoms with Crippen molar-refractivity contribution in [2.75, 3.05) is 19.3 Å². The molecule has 15 heavy (non-hydrogen) atoms. The predicted molar refractivity (Wildman–Crippen MR) is 60.9 cm³/mol. The molecule has 1 amide bonds. The average molecular weight is 228 g/mol. The van der Waals surface area contributed by atoms with Gasteiger partial charge in [-0.1, -0.05) is 18.5 Å². The Morgan fingerprint density at radius 3 is 2.93 bits per heavy atom. The van der Waals surface area contributed by atoms with Crippen molar-refractivity contribution in [3.8, 4) is 0 Å². The Balaban J connectivity index is 2.95. The zero-order valence-electron chi connectivity index (χ0n) is 8.83. The highest BCUT2D eigenvalue weighted by Gasteiger charge is 2.15. The standard InChI is InChI=1S/C10H14ClN3O/c1-3-4-14(2)10(15)8-5-7(12)6-13-9(8)11/h5-6H,3-4,12H2,1-2H3. The number of nitrogens with zero attached hydrogens (tertiary/aromatic N) is 2. The van der Waals surface area contributed by atoms with Crippen LogP contribution in [0, 0.1) is 0 Å². The molecule has 0 aliphatic carbocycles. The van der Waals surface area contributed by atoms with E-state index < -0.39 is 0 Å². The lowest BCUT2D eigenvalue weighted by molar-refractivity contribution is 0.0795. The highest BCUT2D eigenvalue weighted by Crippen LogP contribution is 2.17. The van der Waals surface area contributed by atoms with Gasteiger partial charge >= 0.3 is 0 Å². The molecule has 1 heterocycles. The molecule has 0 unspecified atom stereocenters. The van der Waals surface area contributed by atoms with Crippen LogP contribution >= 0.6 is 11.6 Å². The third kappa shape index (κ3) is 2.83. The van der Waals surface area contributed by atoms with Crippen molar-refractivity contribution >= 4 is 23.2 Å². The summed E-state index contributed by atoms with van der Waals surface area (Å²) in [7, 11) is 1.73. The summed E-state index contributed by atoms with van der Waals surface area (Å²) < 4.78 is 0. The summed E-state index contributed by atoms with van der Waals surface area (Å²) in [6.07, 6.45) is 2.33. The number of nitrogens with two attached hydrogens (primary N) is 1. The largest absolute Gasteiger partial charge is 0.397 e. The molecule has 82 valence electrons. The van der Waals surface area contributed by atoms with E-state index in [4.69, 9.17) is 17.3 Å². The second-order valence-corrected chi connectivity index (χ2v) is 3.69. The summed E-state index contributed by atoms with van der Waals surface area (Å²) in [6.45, 7) is 2.69. The molecule has 0 radical (unpaired) electrons. The Labute approximate surface area is 94.0 Å². The molecule has 0 saturated carbocycles. The Morgan fingerprint density at radius 1 is 1.67 bits per heavy atom. The zero-order valence-corrected chi connectivity index (χ0v) is 9.58. The van der Waals surface area contributed by atoms with Gasteiger partial charge in [-0.3, -0.25) is 4.79 Å². The van der Waals surface area contributed by atoms with Crippen LogP contribution in [0.3, 0.4) is 0 Å². The first-order valence-corrected chi connectivity index (χ1v) is 5.10. The maximum atomic E-state index is 11.9. The van der Waals surface area contributed by atoms with Crippen molar-refractivity contribution in [1.29, 1.82) is 0 Å². The molecule has 0 spiro atoms. The van der Waals surface area contributed by atoms with E-state index in [1.165, 1.54) is 6.20 Å². The predicted octanol–water partition coefficient (Wildman–Crippen LogP) is 1.80. The van der Waals surface area contributed by atoms with Crippen LogP contribution in [0.2, 0.25) is 5.15 Å². The highest BCUT2D eigenvalue weighted by atomic mass is 35.5. The van der Waals surface area contributed by atoms with Gasteiger partial charge in [0.15, 0.2) is 0 Å². The number of halogens is 1. The van der Waals surface area contributed by atoms with Gasteiger partial charge in [0, 0.05) is 13.6 Å². The molecule has 0 aliphatic heterocycles. The number of rotatable bonds is 3. The van der Waals surface area contributed by atoms with Gasteiger partial charge in [-0.15, -0.1) is 0 Å². The topological polar surface area (TPSA) is 59.2 Å². The fourth-order valence-electron chi connectivity index (χ4n) is 1.26. The SMILES string of the molecule is CCCN(C)C(=O)c1cc(N)cnc1Cl. The number of hydrogen-bond acceptors (Lipinski definition) is 3. The molecule has 1 aromatic rings. The monoisotopic (exact) mass is 227 g/mol. The second kappa shape index (κ2) is 4.98. The minimum absolute atomic E-state index is 0.151. The molecule has 0 saturated heterocycles. The van der Waals surface area contributed by atoms with Crippen LogP contribution in [0.4, 0.5) is 5.69 Å². The minimum atomic E-state index is -0.151. The number of pyridine rings is 1. The first-order chi connectivity index (χ1) is 7.06. The van der Waals surface area contributed by atoms with Gasteiger partial charge in [0.2, 0.25) is 0 Å². The van der Waals surface area contributed by atoms with Gasteiger partial charge in [-0.25, -0.2) is 4.98 Å². The van der Waals surface area contributed by atoms with Crippen LogP contribution in [0.25, 0.3) is 0 Å².